The normalized spacial score (nSPS) is 7.40. The quantitative estimate of drug-likeness (QED) is 0.597. The van der Waals surface area contributed by atoms with Crippen LogP contribution >= 0.6 is 24.8 Å². The molecule has 0 saturated heterocycles. The van der Waals surface area contributed by atoms with Gasteiger partial charge < -0.3 is 0 Å². The molecular weight excluding hydrogens is 169 g/mol. The first kappa shape index (κ1) is 12.4. The molecule has 58 valence electrons. The van der Waals surface area contributed by atoms with Crippen molar-refractivity contribution in [2.75, 3.05) is 0 Å². The lowest BCUT2D eigenvalue weighted by molar-refractivity contribution is 1.12. The molecular formula is C7H11Cl2N. The Bertz CT molecular complexity index is 171. The second-order valence-corrected chi connectivity index (χ2v) is 1.92. The number of hydrogen-bond acceptors (Lipinski definition) is 1. The van der Waals surface area contributed by atoms with Crippen LogP contribution in [0.5, 0.6) is 0 Å². The fourth-order valence-corrected chi connectivity index (χ4v) is 0.679. The molecule has 1 heterocycles. The van der Waals surface area contributed by atoms with Crippen LogP contribution in [0.15, 0.2) is 18.2 Å². The highest BCUT2D eigenvalue weighted by Crippen LogP contribution is 1.93. The van der Waals surface area contributed by atoms with Gasteiger partial charge >= 0.3 is 0 Å². The number of aromatic nitrogens is 1. The highest BCUT2D eigenvalue weighted by atomic mass is 35.5. The van der Waals surface area contributed by atoms with E-state index >= 15 is 0 Å². The van der Waals surface area contributed by atoms with Crippen molar-refractivity contribution < 1.29 is 0 Å². The van der Waals surface area contributed by atoms with Gasteiger partial charge in [-0.1, -0.05) is 6.07 Å². The maximum absolute atomic E-state index is 4.17. The summed E-state index contributed by atoms with van der Waals surface area (Å²) in [5.41, 5.74) is 2.18. The third kappa shape index (κ3) is 3.70. The van der Waals surface area contributed by atoms with E-state index in [4.69, 9.17) is 0 Å². The minimum absolute atomic E-state index is 0. The van der Waals surface area contributed by atoms with E-state index in [1.54, 1.807) is 0 Å². The average molecular weight is 180 g/mol. The largest absolute Gasteiger partial charge is 0.258 e. The predicted octanol–water partition coefficient (Wildman–Crippen LogP) is 2.54. The van der Waals surface area contributed by atoms with Crippen LogP contribution in [0.2, 0.25) is 0 Å². The van der Waals surface area contributed by atoms with Gasteiger partial charge in [-0.3, -0.25) is 4.98 Å². The molecule has 0 N–H and O–H groups in total. The van der Waals surface area contributed by atoms with Gasteiger partial charge in [0.2, 0.25) is 0 Å². The van der Waals surface area contributed by atoms with Gasteiger partial charge in [0.25, 0.3) is 0 Å². The first-order valence-electron chi connectivity index (χ1n) is 2.69. The summed E-state index contributed by atoms with van der Waals surface area (Å²) in [6.07, 6.45) is 0. The van der Waals surface area contributed by atoms with E-state index in [0.717, 1.165) is 11.4 Å². The second kappa shape index (κ2) is 5.51. The predicted molar refractivity (Wildman–Crippen MR) is 48.2 cm³/mol. The van der Waals surface area contributed by atoms with Crippen LogP contribution in [0, 0.1) is 13.8 Å². The van der Waals surface area contributed by atoms with Gasteiger partial charge in [-0.05, 0) is 26.0 Å². The van der Waals surface area contributed by atoms with E-state index in [0.29, 0.717) is 0 Å². The molecule has 1 rings (SSSR count). The minimum atomic E-state index is 0. The molecule has 1 aromatic heterocycles. The van der Waals surface area contributed by atoms with Crippen molar-refractivity contribution in [3.05, 3.63) is 29.6 Å². The maximum Gasteiger partial charge on any atom is 0.0375 e. The molecule has 0 saturated carbocycles. The number of aryl methyl sites for hydroxylation is 2. The molecule has 3 heteroatoms. The smallest absolute Gasteiger partial charge is 0.0375 e. The number of rotatable bonds is 0. The third-order valence-corrected chi connectivity index (χ3v) is 1.03. The molecule has 0 spiro atoms. The van der Waals surface area contributed by atoms with Gasteiger partial charge in [-0.25, -0.2) is 0 Å². The van der Waals surface area contributed by atoms with Crippen LogP contribution in [-0.4, -0.2) is 4.98 Å². The summed E-state index contributed by atoms with van der Waals surface area (Å²) in [6, 6.07) is 6.00. The molecule has 0 aliphatic rings. The Morgan fingerprint density at radius 2 is 1.40 bits per heavy atom. The molecule has 0 amide bonds. The van der Waals surface area contributed by atoms with E-state index < -0.39 is 0 Å². The van der Waals surface area contributed by atoms with Gasteiger partial charge in [-0.2, -0.15) is 0 Å². The monoisotopic (exact) mass is 179 g/mol. The molecule has 0 aliphatic carbocycles. The summed E-state index contributed by atoms with van der Waals surface area (Å²) in [7, 11) is 0. The van der Waals surface area contributed by atoms with Gasteiger partial charge in [0, 0.05) is 11.4 Å². The Morgan fingerprint density at radius 1 is 1.00 bits per heavy atom. The standard InChI is InChI=1S/C7H9N.2ClH/c1-6-4-3-5-7(2)8-6;;/h3-5H,1-2H3;2*1H. The third-order valence-electron chi connectivity index (χ3n) is 1.03. The molecule has 10 heavy (non-hydrogen) atoms. The first-order valence-corrected chi connectivity index (χ1v) is 2.69. The molecule has 0 radical (unpaired) electrons. The van der Waals surface area contributed by atoms with E-state index in [1.165, 1.54) is 0 Å². The summed E-state index contributed by atoms with van der Waals surface area (Å²) in [5, 5.41) is 0. The van der Waals surface area contributed by atoms with Crippen LogP contribution < -0.4 is 0 Å². The molecule has 1 aromatic rings. The Labute approximate surface area is 73.7 Å². The van der Waals surface area contributed by atoms with Crippen molar-refractivity contribution in [1.29, 1.82) is 0 Å². The Morgan fingerprint density at radius 3 is 1.60 bits per heavy atom. The second-order valence-electron chi connectivity index (χ2n) is 1.92. The van der Waals surface area contributed by atoms with Crippen molar-refractivity contribution in [3.8, 4) is 0 Å². The zero-order valence-electron chi connectivity index (χ0n) is 6.00. The molecule has 0 unspecified atom stereocenters. The van der Waals surface area contributed by atoms with E-state index in [2.05, 4.69) is 4.98 Å². The number of hydrogen-bond donors (Lipinski definition) is 0. The average Bonchev–Trinajstić information content (AvgIpc) is 1.64. The summed E-state index contributed by atoms with van der Waals surface area (Å²) in [5.74, 6) is 0. The topological polar surface area (TPSA) is 12.9 Å². The Hall–Kier alpha value is -0.270. The molecule has 0 fully saturated rings. The fraction of sp³-hybridized carbons (Fsp3) is 0.286. The SMILES string of the molecule is Cc1cccc(C)n1.Cl.Cl. The van der Waals surface area contributed by atoms with E-state index in [9.17, 15) is 0 Å². The summed E-state index contributed by atoms with van der Waals surface area (Å²) in [4.78, 5) is 4.17. The zero-order chi connectivity index (χ0) is 5.98. The Kier molecular flexibility index (Phi) is 6.84. The van der Waals surface area contributed by atoms with Gasteiger partial charge in [0.15, 0.2) is 0 Å². The van der Waals surface area contributed by atoms with Crippen molar-refractivity contribution >= 4 is 24.8 Å². The van der Waals surface area contributed by atoms with Crippen LogP contribution in [0.3, 0.4) is 0 Å². The minimum Gasteiger partial charge on any atom is -0.258 e. The van der Waals surface area contributed by atoms with Crippen molar-refractivity contribution in [1.82, 2.24) is 4.98 Å². The zero-order valence-corrected chi connectivity index (χ0v) is 7.63. The molecule has 0 atom stereocenters. The number of halogens is 2. The lowest BCUT2D eigenvalue weighted by Crippen LogP contribution is -1.81. The lowest BCUT2D eigenvalue weighted by atomic mass is 10.3. The lowest BCUT2D eigenvalue weighted by Gasteiger charge is -1.90. The highest BCUT2D eigenvalue weighted by Gasteiger charge is 1.82. The first-order chi connectivity index (χ1) is 3.79. The van der Waals surface area contributed by atoms with Crippen LogP contribution in [0.4, 0.5) is 0 Å². The van der Waals surface area contributed by atoms with Gasteiger partial charge in [0.1, 0.15) is 0 Å². The van der Waals surface area contributed by atoms with E-state index in [1.807, 2.05) is 32.0 Å². The highest BCUT2D eigenvalue weighted by molar-refractivity contribution is 5.85. The summed E-state index contributed by atoms with van der Waals surface area (Å²) in [6.45, 7) is 3.99. The van der Waals surface area contributed by atoms with Crippen molar-refractivity contribution in [2.24, 2.45) is 0 Å². The summed E-state index contributed by atoms with van der Waals surface area (Å²) >= 11 is 0. The van der Waals surface area contributed by atoms with Crippen molar-refractivity contribution in [3.63, 3.8) is 0 Å². The fourth-order valence-electron chi connectivity index (χ4n) is 0.679. The van der Waals surface area contributed by atoms with Crippen LogP contribution in [0.1, 0.15) is 11.4 Å². The van der Waals surface area contributed by atoms with Crippen LogP contribution in [-0.2, 0) is 0 Å². The van der Waals surface area contributed by atoms with Crippen LogP contribution in [0.25, 0.3) is 0 Å². The van der Waals surface area contributed by atoms with E-state index in [-0.39, 0.29) is 24.8 Å². The van der Waals surface area contributed by atoms with Gasteiger partial charge in [0.05, 0.1) is 0 Å². The number of pyridine rings is 1. The van der Waals surface area contributed by atoms with Gasteiger partial charge in [-0.15, -0.1) is 24.8 Å². The molecule has 1 nitrogen and oxygen atoms in total. The number of nitrogens with zero attached hydrogens (tertiary/aromatic N) is 1. The molecule has 0 bridgehead atoms. The van der Waals surface area contributed by atoms with Crippen molar-refractivity contribution in [2.45, 2.75) is 13.8 Å². The molecule has 0 aromatic carbocycles. The Balaban J connectivity index is 0. The molecule has 0 aliphatic heterocycles. The maximum atomic E-state index is 4.17. The summed E-state index contributed by atoms with van der Waals surface area (Å²) < 4.78 is 0.